The highest BCUT2D eigenvalue weighted by atomic mass is 15.2. The summed E-state index contributed by atoms with van der Waals surface area (Å²) in [6.45, 7) is 14.1. The van der Waals surface area contributed by atoms with Crippen molar-refractivity contribution >= 4 is 0 Å². The van der Waals surface area contributed by atoms with Crippen molar-refractivity contribution in [2.75, 3.05) is 26.2 Å². The van der Waals surface area contributed by atoms with Crippen LogP contribution in [0, 0.1) is 5.92 Å². The summed E-state index contributed by atoms with van der Waals surface area (Å²) in [6, 6.07) is 0. The molecule has 0 radical (unpaired) electrons. The van der Waals surface area contributed by atoms with E-state index in [2.05, 4.69) is 37.9 Å². The SMILES string of the molecule is CC(C)CCCN1CCNCC1(C)C. The minimum absolute atomic E-state index is 0.356. The Hall–Kier alpha value is -0.0800. The molecule has 0 spiro atoms. The Bertz CT molecular complexity index is 164. The minimum atomic E-state index is 0.356. The van der Waals surface area contributed by atoms with Crippen molar-refractivity contribution in [3.63, 3.8) is 0 Å². The van der Waals surface area contributed by atoms with Crippen molar-refractivity contribution in [3.8, 4) is 0 Å². The van der Waals surface area contributed by atoms with E-state index in [0.717, 1.165) is 19.0 Å². The Labute approximate surface area is 89.1 Å². The van der Waals surface area contributed by atoms with Crippen LogP contribution in [0.1, 0.15) is 40.5 Å². The number of nitrogens with zero attached hydrogens (tertiary/aromatic N) is 1. The van der Waals surface area contributed by atoms with Crippen LogP contribution in [0.2, 0.25) is 0 Å². The molecule has 2 heteroatoms. The number of nitrogens with one attached hydrogen (secondary N) is 1. The van der Waals surface area contributed by atoms with E-state index in [1.165, 1.54) is 25.9 Å². The number of hydrogen-bond donors (Lipinski definition) is 1. The molecule has 0 aliphatic carbocycles. The zero-order valence-corrected chi connectivity index (χ0v) is 10.3. The molecule has 14 heavy (non-hydrogen) atoms. The van der Waals surface area contributed by atoms with E-state index in [1.807, 2.05) is 0 Å². The van der Waals surface area contributed by atoms with Crippen LogP contribution in [-0.2, 0) is 0 Å². The molecule has 1 saturated heterocycles. The van der Waals surface area contributed by atoms with Gasteiger partial charge >= 0.3 is 0 Å². The van der Waals surface area contributed by atoms with Crippen LogP contribution in [0.3, 0.4) is 0 Å². The summed E-state index contributed by atoms with van der Waals surface area (Å²) in [7, 11) is 0. The van der Waals surface area contributed by atoms with Gasteiger partial charge < -0.3 is 5.32 Å². The van der Waals surface area contributed by atoms with Gasteiger partial charge in [0.25, 0.3) is 0 Å². The van der Waals surface area contributed by atoms with Gasteiger partial charge in [-0.05, 0) is 39.2 Å². The molecule has 0 unspecified atom stereocenters. The van der Waals surface area contributed by atoms with Crippen LogP contribution in [0.5, 0.6) is 0 Å². The fraction of sp³-hybridized carbons (Fsp3) is 1.00. The Morgan fingerprint density at radius 3 is 2.64 bits per heavy atom. The van der Waals surface area contributed by atoms with E-state index in [9.17, 15) is 0 Å². The summed E-state index contributed by atoms with van der Waals surface area (Å²) in [5, 5.41) is 3.46. The molecule has 1 heterocycles. The minimum Gasteiger partial charge on any atom is -0.314 e. The van der Waals surface area contributed by atoms with Crippen molar-refractivity contribution in [2.45, 2.75) is 46.1 Å². The molecule has 0 bridgehead atoms. The summed E-state index contributed by atoms with van der Waals surface area (Å²) in [6.07, 6.45) is 2.71. The molecule has 1 fully saturated rings. The van der Waals surface area contributed by atoms with E-state index in [0.29, 0.717) is 5.54 Å². The molecule has 0 amide bonds. The number of piperazine rings is 1. The largest absolute Gasteiger partial charge is 0.314 e. The van der Waals surface area contributed by atoms with Crippen LogP contribution < -0.4 is 5.32 Å². The summed E-state index contributed by atoms with van der Waals surface area (Å²) >= 11 is 0. The number of hydrogen-bond acceptors (Lipinski definition) is 2. The molecule has 1 aliphatic rings. The first-order chi connectivity index (χ1) is 6.52. The second kappa shape index (κ2) is 5.13. The van der Waals surface area contributed by atoms with Gasteiger partial charge in [0.2, 0.25) is 0 Å². The normalized spacial score (nSPS) is 22.9. The molecular weight excluding hydrogens is 172 g/mol. The standard InChI is InChI=1S/C12H26N2/c1-11(2)6-5-8-14-9-7-13-10-12(14,3)4/h11,13H,5-10H2,1-4H3. The summed E-state index contributed by atoms with van der Waals surface area (Å²) in [5.74, 6) is 0.848. The van der Waals surface area contributed by atoms with Crippen molar-refractivity contribution in [3.05, 3.63) is 0 Å². The van der Waals surface area contributed by atoms with Gasteiger partial charge in [0.1, 0.15) is 0 Å². The monoisotopic (exact) mass is 198 g/mol. The summed E-state index contributed by atoms with van der Waals surface area (Å²) < 4.78 is 0. The van der Waals surface area contributed by atoms with Gasteiger partial charge in [-0.2, -0.15) is 0 Å². The maximum atomic E-state index is 3.46. The predicted octanol–water partition coefficient (Wildman–Crippen LogP) is 2.11. The lowest BCUT2D eigenvalue weighted by atomic mass is 9.99. The lowest BCUT2D eigenvalue weighted by molar-refractivity contribution is 0.0877. The van der Waals surface area contributed by atoms with Gasteiger partial charge in [-0.25, -0.2) is 0 Å². The Morgan fingerprint density at radius 2 is 2.07 bits per heavy atom. The van der Waals surface area contributed by atoms with Crippen LogP contribution in [0.4, 0.5) is 0 Å². The van der Waals surface area contributed by atoms with E-state index < -0.39 is 0 Å². The fourth-order valence-corrected chi connectivity index (χ4v) is 2.13. The fourth-order valence-electron chi connectivity index (χ4n) is 2.13. The lowest BCUT2D eigenvalue weighted by Gasteiger charge is -2.43. The molecular formula is C12H26N2. The highest BCUT2D eigenvalue weighted by Gasteiger charge is 2.28. The van der Waals surface area contributed by atoms with E-state index in [4.69, 9.17) is 0 Å². The van der Waals surface area contributed by atoms with Crippen LogP contribution in [-0.4, -0.2) is 36.6 Å². The first-order valence-electron chi connectivity index (χ1n) is 5.98. The molecule has 0 saturated carbocycles. The predicted molar refractivity (Wildman–Crippen MR) is 62.6 cm³/mol. The Balaban J connectivity index is 2.27. The summed E-state index contributed by atoms with van der Waals surface area (Å²) in [4.78, 5) is 2.63. The maximum Gasteiger partial charge on any atom is 0.0278 e. The van der Waals surface area contributed by atoms with Gasteiger partial charge in [0, 0.05) is 25.2 Å². The highest BCUT2D eigenvalue weighted by Crippen LogP contribution is 2.17. The second-order valence-corrected chi connectivity index (χ2v) is 5.51. The topological polar surface area (TPSA) is 15.3 Å². The van der Waals surface area contributed by atoms with Crippen molar-refractivity contribution in [2.24, 2.45) is 5.92 Å². The average molecular weight is 198 g/mol. The third kappa shape index (κ3) is 3.58. The zero-order chi connectivity index (χ0) is 10.6. The van der Waals surface area contributed by atoms with Gasteiger partial charge in [0.15, 0.2) is 0 Å². The third-order valence-corrected chi connectivity index (χ3v) is 3.18. The molecule has 84 valence electrons. The lowest BCUT2D eigenvalue weighted by Crippen LogP contribution is -2.57. The first-order valence-corrected chi connectivity index (χ1v) is 5.98. The average Bonchev–Trinajstić information content (AvgIpc) is 2.07. The van der Waals surface area contributed by atoms with Crippen LogP contribution in [0.25, 0.3) is 0 Å². The van der Waals surface area contributed by atoms with E-state index in [1.54, 1.807) is 0 Å². The second-order valence-electron chi connectivity index (χ2n) is 5.51. The van der Waals surface area contributed by atoms with Crippen molar-refractivity contribution in [1.29, 1.82) is 0 Å². The molecule has 0 aromatic heterocycles. The van der Waals surface area contributed by atoms with Crippen LogP contribution in [0.15, 0.2) is 0 Å². The Morgan fingerprint density at radius 1 is 1.36 bits per heavy atom. The molecule has 1 rings (SSSR count). The molecule has 0 atom stereocenters. The highest BCUT2D eigenvalue weighted by molar-refractivity contribution is 4.87. The molecule has 2 nitrogen and oxygen atoms in total. The quantitative estimate of drug-likeness (QED) is 0.744. The first kappa shape index (κ1) is 12.0. The van der Waals surface area contributed by atoms with Crippen molar-refractivity contribution < 1.29 is 0 Å². The molecule has 1 aliphatic heterocycles. The van der Waals surface area contributed by atoms with Gasteiger partial charge in [-0.3, -0.25) is 4.90 Å². The van der Waals surface area contributed by atoms with Crippen molar-refractivity contribution in [1.82, 2.24) is 10.2 Å². The molecule has 0 aromatic carbocycles. The smallest absolute Gasteiger partial charge is 0.0278 e. The number of rotatable bonds is 4. The third-order valence-electron chi connectivity index (χ3n) is 3.18. The Kier molecular flexibility index (Phi) is 4.39. The summed E-state index contributed by atoms with van der Waals surface area (Å²) in [5.41, 5.74) is 0.356. The van der Waals surface area contributed by atoms with Gasteiger partial charge in [-0.15, -0.1) is 0 Å². The molecule has 0 aromatic rings. The van der Waals surface area contributed by atoms with E-state index >= 15 is 0 Å². The molecule has 1 N–H and O–H groups in total. The van der Waals surface area contributed by atoms with Gasteiger partial charge in [-0.1, -0.05) is 13.8 Å². The van der Waals surface area contributed by atoms with E-state index in [-0.39, 0.29) is 0 Å². The van der Waals surface area contributed by atoms with Crippen LogP contribution >= 0.6 is 0 Å². The maximum absolute atomic E-state index is 3.46. The van der Waals surface area contributed by atoms with Gasteiger partial charge in [0.05, 0.1) is 0 Å². The zero-order valence-electron chi connectivity index (χ0n) is 10.3.